The summed E-state index contributed by atoms with van der Waals surface area (Å²) < 4.78 is 5.22. The highest BCUT2D eigenvalue weighted by atomic mass is 16.5. The number of benzene rings is 3. The maximum atomic E-state index is 13.9. The number of urea groups is 1. The molecule has 3 aromatic rings. The molecule has 0 unspecified atom stereocenters. The smallest absolute Gasteiger partial charge is 0.326 e. The summed E-state index contributed by atoms with van der Waals surface area (Å²) in [4.78, 5) is 43.2. The highest BCUT2D eigenvalue weighted by molar-refractivity contribution is 6.11. The number of imide groups is 1. The lowest BCUT2D eigenvalue weighted by molar-refractivity contribution is -0.139. The second kappa shape index (κ2) is 9.25. The maximum absolute atomic E-state index is 13.9. The van der Waals surface area contributed by atoms with Gasteiger partial charge >= 0.3 is 6.03 Å². The molecule has 4 amide bonds. The highest BCUT2D eigenvalue weighted by Crippen LogP contribution is 2.36. The predicted molar refractivity (Wildman–Crippen MR) is 130 cm³/mol. The van der Waals surface area contributed by atoms with Gasteiger partial charge in [-0.05, 0) is 41.7 Å². The molecule has 2 fully saturated rings. The van der Waals surface area contributed by atoms with Crippen LogP contribution in [0.4, 0.5) is 4.79 Å². The lowest BCUT2D eigenvalue weighted by Crippen LogP contribution is -2.46. The lowest BCUT2D eigenvalue weighted by atomic mass is 9.82. The maximum Gasteiger partial charge on any atom is 0.326 e. The van der Waals surface area contributed by atoms with Crippen molar-refractivity contribution in [2.75, 3.05) is 13.7 Å². The molecule has 1 heterocycles. The van der Waals surface area contributed by atoms with Gasteiger partial charge in [-0.25, -0.2) is 4.79 Å². The molecule has 2 aliphatic rings. The van der Waals surface area contributed by atoms with Gasteiger partial charge in [0.05, 0.1) is 7.11 Å². The van der Waals surface area contributed by atoms with Crippen LogP contribution >= 0.6 is 0 Å². The summed E-state index contributed by atoms with van der Waals surface area (Å²) >= 11 is 0. The third kappa shape index (κ3) is 4.25. The number of amides is 4. The van der Waals surface area contributed by atoms with Gasteiger partial charge in [0.2, 0.25) is 5.91 Å². The van der Waals surface area contributed by atoms with Gasteiger partial charge < -0.3 is 15.0 Å². The monoisotopic (exact) mass is 469 g/mol. The molecule has 0 radical (unpaired) electrons. The van der Waals surface area contributed by atoms with Crippen LogP contribution in [0.25, 0.3) is 0 Å². The number of methoxy groups -OCH3 is 1. The molecule has 178 valence electrons. The minimum Gasteiger partial charge on any atom is -0.497 e. The van der Waals surface area contributed by atoms with Gasteiger partial charge in [0, 0.05) is 12.6 Å². The summed E-state index contributed by atoms with van der Waals surface area (Å²) in [6.45, 7) is 0.110. The average Bonchev–Trinajstić information content (AvgIpc) is 3.71. The van der Waals surface area contributed by atoms with Crippen LogP contribution in [0.5, 0.6) is 5.75 Å². The van der Waals surface area contributed by atoms with Crippen LogP contribution in [0.1, 0.15) is 29.5 Å². The quantitative estimate of drug-likeness (QED) is 0.511. The van der Waals surface area contributed by atoms with E-state index in [0.29, 0.717) is 17.7 Å². The van der Waals surface area contributed by atoms with E-state index in [4.69, 9.17) is 4.74 Å². The highest BCUT2D eigenvalue weighted by Gasteiger charge is 2.54. The molecule has 1 aliphatic carbocycles. The van der Waals surface area contributed by atoms with Crippen molar-refractivity contribution in [1.29, 1.82) is 0 Å². The van der Waals surface area contributed by atoms with E-state index in [9.17, 15) is 14.4 Å². The lowest BCUT2D eigenvalue weighted by Gasteiger charge is -2.28. The van der Waals surface area contributed by atoms with Crippen molar-refractivity contribution < 1.29 is 19.1 Å². The van der Waals surface area contributed by atoms with E-state index >= 15 is 0 Å². The minimum atomic E-state index is -1.37. The van der Waals surface area contributed by atoms with Crippen molar-refractivity contribution >= 4 is 17.8 Å². The first-order chi connectivity index (χ1) is 17.0. The fourth-order valence-electron chi connectivity index (χ4n) is 4.61. The molecule has 1 N–H and O–H groups in total. The average molecular weight is 470 g/mol. The van der Waals surface area contributed by atoms with Gasteiger partial charge in [-0.1, -0.05) is 72.8 Å². The zero-order valence-electron chi connectivity index (χ0n) is 19.5. The molecule has 35 heavy (non-hydrogen) atoms. The van der Waals surface area contributed by atoms with E-state index in [1.54, 1.807) is 12.0 Å². The molecule has 0 atom stereocenters. The summed E-state index contributed by atoms with van der Waals surface area (Å²) in [6, 6.07) is 25.4. The molecule has 3 aromatic carbocycles. The molecule has 0 aromatic heterocycles. The van der Waals surface area contributed by atoms with Crippen molar-refractivity contribution in [2.45, 2.75) is 31.0 Å². The predicted octanol–water partition coefficient (Wildman–Crippen LogP) is 3.68. The van der Waals surface area contributed by atoms with Crippen LogP contribution < -0.4 is 10.1 Å². The summed E-state index contributed by atoms with van der Waals surface area (Å²) in [6.07, 6.45) is 1.83. The summed E-state index contributed by atoms with van der Waals surface area (Å²) in [5.74, 6) is 0.0488. The minimum absolute atomic E-state index is 0.123. The van der Waals surface area contributed by atoms with Crippen LogP contribution in [0.2, 0.25) is 0 Å². The Bertz CT molecular complexity index is 1180. The van der Waals surface area contributed by atoms with Crippen LogP contribution in [0.3, 0.4) is 0 Å². The van der Waals surface area contributed by atoms with Gasteiger partial charge in [-0.3, -0.25) is 14.5 Å². The molecule has 0 spiro atoms. The van der Waals surface area contributed by atoms with E-state index in [-0.39, 0.29) is 18.5 Å². The first kappa shape index (κ1) is 22.7. The fraction of sp³-hybridized carbons (Fsp3) is 0.250. The number of hydrogen-bond acceptors (Lipinski definition) is 4. The zero-order valence-corrected chi connectivity index (χ0v) is 19.5. The molecular formula is C28H27N3O4. The van der Waals surface area contributed by atoms with Crippen LogP contribution in [-0.2, 0) is 21.7 Å². The second-order valence-electron chi connectivity index (χ2n) is 8.90. The van der Waals surface area contributed by atoms with E-state index in [1.165, 1.54) is 0 Å². The standard InChI is InChI=1S/C28H27N3O4/c1-35-24-16-12-20(13-17-24)18-30(23-14-15-23)25(32)19-31-26(33)28(29-27(31)34,21-8-4-2-5-9-21)22-10-6-3-7-11-22/h2-13,16-17,23H,14-15,18-19H2,1H3,(H,29,34). The molecule has 5 rings (SSSR count). The Morgan fingerprint density at radius 2 is 1.51 bits per heavy atom. The number of ether oxygens (including phenoxy) is 1. The number of carbonyl (C=O) groups is 3. The zero-order chi connectivity index (χ0) is 24.4. The number of nitrogens with zero attached hydrogens (tertiary/aromatic N) is 2. The second-order valence-corrected chi connectivity index (χ2v) is 8.90. The van der Waals surface area contributed by atoms with Crippen LogP contribution in [0, 0.1) is 0 Å². The number of rotatable bonds is 8. The number of nitrogens with one attached hydrogen (secondary N) is 1. The van der Waals surface area contributed by atoms with E-state index in [1.807, 2.05) is 84.9 Å². The molecule has 1 saturated carbocycles. The van der Waals surface area contributed by atoms with Crippen molar-refractivity contribution in [2.24, 2.45) is 0 Å². The Morgan fingerprint density at radius 3 is 2.03 bits per heavy atom. The first-order valence-corrected chi connectivity index (χ1v) is 11.7. The van der Waals surface area contributed by atoms with Crippen molar-refractivity contribution in [3.8, 4) is 5.75 Å². The summed E-state index contributed by atoms with van der Waals surface area (Å²) in [7, 11) is 1.61. The Kier molecular flexibility index (Phi) is 5.99. The van der Waals surface area contributed by atoms with Crippen molar-refractivity contribution in [3.05, 3.63) is 102 Å². The van der Waals surface area contributed by atoms with Crippen molar-refractivity contribution in [1.82, 2.24) is 15.1 Å². The van der Waals surface area contributed by atoms with E-state index < -0.39 is 17.5 Å². The van der Waals surface area contributed by atoms with E-state index in [2.05, 4.69) is 5.32 Å². The number of hydrogen-bond donors (Lipinski definition) is 1. The summed E-state index contributed by atoms with van der Waals surface area (Å²) in [5, 5.41) is 2.90. The Balaban J connectivity index is 1.41. The third-order valence-electron chi connectivity index (χ3n) is 6.63. The number of carbonyl (C=O) groups excluding carboxylic acids is 3. The van der Waals surface area contributed by atoms with E-state index in [0.717, 1.165) is 29.1 Å². The molecule has 1 aliphatic heterocycles. The van der Waals surface area contributed by atoms with Crippen LogP contribution in [0.15, 0.2) is 84.9 Å². The summed E-state index contributed by atoms with van der Waals surface area (Å²) in [5.41, 5.74) is 0.889. The van der Waals surface area contributed by atoms with Gasteiger partial charge in [0.15, 0.2) is 5.54 Å². The largest absolute Gasteiger partial charge is 0.497 e. The molecular weight excluding hydrogens is 442 g/mol. The molecule has 7 nitrogen and oxygen atoms in total. The Morgan fingerprint density at radius 1 is 0.943 bits per heavy atom. The third-order valence-corrected chi connectivity index (χ3v) is 6.63. The Labute approximate surface area is 204 Å². The molecule has 1 saturated heterocycles. The van der Waals surface area contributed by atoms with Gasteiger partial charge in [-0.15, -0.1) is 0 Å². The van der Waals surface area contributed by atoms with Crippen molar-refractivity contribution in [3.63, 3.8) is 0 Å². The fourth-order valence-corrected chi connectivity index (χ4v) is 4.61. The SMILES string of the molecule is COc1ccc(CN(C(=O)CN2C(=O)NC(c3ccccc3)(c3ccccc3)C2=O)C2CC2)cc1. The van der Waals surface area contributed by atoms with Gasteiger partial charge in [0.1, 0.15) is 12.3 Å². The molecule has 7 heteroatoms. The molecule has 0 bridgehead atoms. The van der Waals surface area contributed by atoms with Gasteiger partial charge in [0.25, 0.3) is 5.91 Å². The first-order valence-electron chi connectivity index (χ1n) is 11.7. The van der Waals surface area contributed by atoms with Gasteiger partial charge in [-0.2, -0.15) is 0 Å². The topological polar surface area (TPSA) is 79.0 Å². The normalized spacial score (nSPS) is 16.7. The Hall–Kier alpha value is -4.13. The van der Waals surface area contributed by atoms with Crippen LogP contribution in [-0.4, -0.2) is 47.3 Å².